The fraction of sp³-hybridized carbons (Fsp3) is 0.176. The molecule has 3 aromatic heterocycles. The first-order valence-corrected chi connectivity index (χ1v) is 25.5. The van der Waals surface area contributed by atoms with E-state index in [0.29, 0.717) is 0 Å². The van der Waals surface area contributed by atoms with Crippen molar-refractivity contribution < 1.29 is 29.1 Å². The van der Waals surface area contributed by atoms with Crippen LogP contribution >= 0.6 is 0 Å². The SMILES string of the molecule is CC(C)(C)c1ccc(-n2c(-c3[c-]ccc4c3oc3ccccc34)nc3ccccc32)c(-c2ccccc2)c1.CC1(C)CCC(C)(C)c2cc(-c3cccc4c3[n+](-c3ccccc3)[c-]n4-c3[c-]cccc3)ccc21.[Ir+3]. The molecule has 0 unspecified atom stereocenters. The summed E-state index contributed by atoms with van der Waals surface area (Å²) in [5, 5.41) is 2.17. The molecule has 0 amide bonds. The Morgan fingerprint density at radius 3 is 2.05 bits per heavy atom. The zero-order chi connectivity index (χ0) is 50.1. The van der Waals surface area contributed by atoms with E-state index in [2.05, 4.69) is 238 Å². The number of furan rings is 1. The zero-order valence-electron chi connectivity index (χ0n) is 43.0. The van der Waals surface area contributed by atoms with E-state index in [-0.39, 0.29) is 36.4 Å². The third kappa shape index (κ3) is 8.60. The average Bonchev–Trinajstić information content (AvgIpc) is 4.14. The third-order valence-corrected chi connectivity index (χ3v) is 15.1. The van der Waals surface area contributed by atoms with E-state index in [0.717, 1.165) is 72.5 Å². The summed E-state index contributed by atoms with van der Waals surface area (Å²) in [4.78, 5) is 5.16. The molecule has 0 saturated carbocycles. The molecule has 9 aromatic carbocycles. The van der Waals surface area contributed by atoms with Gasteiger partial charge in [-0.25, -0.2) is 0 Å². The number of imidazole rings is 2. The van der Waals surface area contributed by atoms with Crippen molar-refractivity contribution in [2.75, 3.05) is 0 Å². The van der Waals surface area contributed by atoms with E-state index in [1.54, 1.807) is 0 Å². The quantitative estimate of drug-likeness (QED) is 0.123. The summed E-state index contributed by atoms with van der Waals surface area (Å²) in [7, 11) is 0. The van der Waals surface area contributed by atoms with Crippen LogP contribution in [0.1, 0.15) is 78.0 Å². The largest absolute Gasteiger partial charge is 3.00 e. The second-order valence-electron chi connectivity index (χ2n) is 21.9. The zero-order valence-corrected chi connectivity index (χ0v) is 45.4. The Balaban J connectivity index is 0.000000157. The smallest absolute Gasteiger partial charge is 0.501 e. The summed E-state index contributed by atoms with van der Waals surface area (Å²) in [5.74, 6) is 0.816. The standard InChI is InChI=1S/C35H27N2O.C33H31N2.Ir/c1-35(2,3)24-20-21-30(28(22-24)23-12-5-4-6-13-23)37-31-18-9-8-17-29(31)36-34(37)27-16-11-15-26-25-14-7-10-19-32(25)38-33(26)27;1-32(2)20-21-33(3,4)29-22-24(18-19-28(29)32)27-16-11-17-30-31(27)35(26-14-9-6-10-15-26)23-34(30)25-12-7-5-8-13-25;/h4-15,17-22H,1-3H3;5-12,14-19,22H,20-21H2,1-4H3;/q2*-1;+3. The summed E-state index contributed by atoms with van der Waals surface area (Å²) >= 11 is 0. The first kappa shape index (κ1) is 48.6. The van der Waals surface area contributed by atoms with Gasteiger partial charge in [0.1, 0.15) is 5.58 Å². The fourth-order valence-electron chi connectivity index (χ4n) is 11.0. The molecule has 0 N–H and O–H groups in total. The summed E-state index contributed by atoms with van der Waals surface area (Å²) < 4.78 is 13.0. The molecule has 3 heterocycles. The number of hydrogen-bond acceptors (Lipinski definition) is 2. The minimum atomic E-state index is 0. The van der Waals surface area contributed by atoms with Crippen molar-refractivity contribution in [1.29, 1.82) is 0 Å². The molecular weight excluding hydrogens is 1080 g/mol. The second-order valence-corrected chi connectivity index (χ2v) is 21.9. The number of nitrogens with zero attached hydrogens (tertiary/aromatic N) is 4. The first-order valence-electron chi connectivity index (χ1n) is 25.5. The van der Waals surface area contributed by atoms with Crippen molar-refractivity contribution in [3.05, 3.63) is 235 Å². The Kier molecular flexibility index (Phi) is 12.5. The molecule has 74 heavy (non-hydrogen) atoms. The topological polar surface area (TPSA) is 39.8 Å². The van der Waals surface area contributed by atoms with Gasteiger partial charge in [-0.2, -0.15) is 30.3 Å². The Hall–Kier alpha value is -7.63. The van der Waals surface area contributed by atoms with Gasteiger partial charge in [-0.05, 0) is 111 Å². The minimum Gasteiger partial charge on any atom is -0.501 e. The maximum Gasteiger partial charge on any atom is 3.00 e. The molecule has 0 aliphatic heterocycles. The predicted molar refractivity (Wildman–Crippen MR) is 300 cm³/mol. The van der Waals surface area contributed by atoms with Gasteiger partial charge in [-0.1, -0.05) is 181 Å². The number of hydrogen-bond donors (Lipinski definition) is 0. The Morgan fingerprint density at radius 2 is 1.28 bits per heavy atom. The molecule has 0 bridgehead atoms. The van der Waals surface area contributed by atoms with E-state index in [1.807, 2.05) is 42.5 Å². The second kappa shape index (κ2) is 19.0. The van der Waals surface area contributed by atoms with Crippen molar-refractivity contribution in [2.45, 2.75) is 77.6 Å². The molecule has 0 fully saturated rings. The Bertz CT molecular complexity index is 4000. The average molecular weight is 1140 g/mol. The van der Waals surface area contributed by atoms with Crippen LogP contribution in [-0.4, -0.2) is 14.1 Å². The molecular formula is C68H58IrN4O+. The summed E-state index contributed by atoms with van der Waals surface area (Å²) in [6.07, 6.45) is 6.06. The van der Waals surface area contributed by atoms with E-state index >= 15 is 0 Å². The molecule has 13 rings (SSSR count). The van der Waals surface area contributed by atoms with Gasteiger partial charge in [0, 0.05) is 16.6 Å². The van der Waals surface area contributed by atoms with Crippen molar-refractivity contribution in [3.8, 4) is 50.7 Å². The molecule has 0 spiro atoms. The van der Waals surface area contributed by atoms with Crippen LogP contribution in [0.5, 0.6) is 0 Å². The van der Waals surface area contributed by atoms with Gasteiger partial charge in [0.2, 0.25) is 0 Å². The van der Waals surface area contributed by atoms with Crippen molar-refractivity contribution in [2.24, 2.45) is 0 Å². The number of aromatic nitrogens is 4. The van der Waals surface area contributed by atoms with Crippen LogP contribution in [0.2, 0.25) is 0 Å². The number of benzene rings is 9. The molecule has 0 atom stereocenters. The maximum absolute atomic E-state index is 6.42. The van der Waals surface area contributed by atoms with Crippen molar-refractivity contribution in [3.63, 3.8) is 0 Å². The third-order valence-electron chi connectivity index (χ3n) is 15.1. The minimum absolute atomic E-state index is 0. The van der Waals surface area contributed by atoms with Crippen LogP contribution in [0.15, 0.2) is 205 Å². The van der Waals surface area contributed by atoms with Gasteiger partial charge >= 0.3 is 20.1 Å². The molecule has 12 aromatic rings. The summed E-state index contributed by atoms with van der Waals surface area (Å²) in [6, 6.07) is 77.1. The number of fused-ring (bicyclic) bond motifs is 6. The van der Waals surface area contributed by atoms with Crippen molar-refractivity contribution in [1.82, 2.24) is 14.1 Å². The van der Waals surface area contributed by atoms with E-state index in [9.17, 15) is 0 Å². The maximum atomic E-state index is 6.42. The molecule has 1 aliphatic carbocycles. The number of rotatable bonds is 6. The van der Waals surface area contributed by atoms with Crippen LogP contribution in [0.3, 0.4) is 0 Å². The van der Waals surface area contributed by atoms with Gasteiger partial charge in [-0.15, -0.1) is 18.2 Å². The van der Waals surface area contributed by atoms with Gasteiger partial charge in [-0.3, -0.25) is 9.55 Å². The summed E-state index contributed by atoms with van der Waals surface area (Å²) in [6.45, 7) is 16.3. The molecule has 0 radical (unpaired) electrons. The normalized spacial score (nSPS) is 13.9. The molecule has 0 saturated heterocycles. The fourth-order valence-corrected chi connectivity index (χ4v) is 11.0. The monoisotopic (exact) mass is 1140 g/mol. The summed E-state index contributed by atoms with van der Waals surface area (Å²) in [5.41, 5.74) is 19.4. The van der Waals surface area contributed by atoms with Gasteiger partial charge in [0.25, 0.3) is 6.33 Å². The van der Waals surface area contributed by atoms with Crippen LogP contribution in [0, 0.1) is 18.5 Å². The van der Waals surface area contributed by atoms with Gasteiger partial charge in [0.15, 0.2) is 0 Å². The van der Waals surface area contributed by atoms with Crippen LogP contribution in [0.4, 0.5) is 0 Å². The van der Waals surface area contributed by atoms with Gasteiger partial charge in [0.05, 0.1) is 39.2 Å². The Morgan fingerprint density at radius 1 is 0.581 bits per heavy atom. The molecule has 1 aliphatic rings. The van der Waals surface area contributed by atoms with Crippen LogP contribution in [0.25, 0.3) is 94.7 Å². The van der Waals surface area contributed by atoms with Crippen molar-refractivity contribution >= 4 is 44.0 Å². The van der Waals surface area contributed by atoms with Crippen LogP contribution in [-0.2, 0) is 36.4 Å². The molecule has 364 valence electrons. The van der Waals surface area contributed by atoms with E-state index < -0.39 is 0 Å². The van der Waals surface area contributed by atoms with E-state index in [4.69, 9.17) is 9.40 Å². The number of para-hydroxylation sites is 6. The van der Waals surface area contributed by atoms with E-state index in [1.165, 1.54) is 51.8 Å². The molecule has 6 heteroatoms. The molecule has 5 nitrogen and oxygen atoms in total. The van der Waals surface area contributed by atoms with Gasteiger partial charge < -0.3 is 13.6 Å². The van der Waals surface area contributed by atoms with Crippen LogP contribution < -0.4 is 4.57 Å². The first-order chi connectivity index (χ1) is 35.3. The Labute approximate surface area is 448 Å². The predicted octanol–water partition coefficient (Wildman–Crippen LogP) is 16.9.